The van der Waals surface area contributed by atoms with Crippen molar-refractivity contribution in [2.24, 2.45) is 0 Å². The molecule has 3 N–H and O–H groups in total. The first-order valence-corrected chi connectivity index (χ1v) is 11.0. The second-order valence-electron chi connectivity index (χ2n) is 8.22. The molecule has 1 atom stereocenters. The summed E-state index contributed by atoms with van der Waals surface area (Å²) in [5, 5.41) is 14.0. The van der Waals surface area contributed by atoms with Crippen LogP contribution in [-0.2, 0) is 4.79 Å². The zero-order chi connectivity index (χ0) is 26.3. The molecule has 0 unspecified atom stereocenters. The van der Waals surface area contributed by atoms with Gasteiger partial charge in [0, 0.05) is 30.8 Å². The molecule has 2 aromatic heterocycles. The van der Waals surface area contributed by atoms with Crippen molar-refractivity contribution < 1.29 is 32.2 Å². The van der Waals surface area contributed by atoms with Gasteiger partial charge in [-0.15, -0.1) is 0 Å². The maximum Gasteiger partial charge on any atom is 0.249 e. The molecule has 37 heavy (non-hydrogen) atoms. The molecule has 1 saturated heterocycles. The number of likely N-dealkylation sites (tertiary alicyclic amines) is 1. The van der Waals surface area contributed by atoms with E-state index in [-0.39, 0.29) is 29.6 Å². The zero-order valence-corrected chi connectivity index (χ0v) is 18.9. The Hall–Kier alpha value is -4.68. The van der Waals surface area contributed by atoms with E-state index >= 15 is 0 Å². The number of carbonyl (C=O) groups is 1. The van der Waals surface area contributed by atoms with Gasteiger partial charge in [0.2, 0.25) is 23.3 Å². The molecule has 1 amide bonds. The molecule has 1 aliphatic rings. The number of fused-ring (bicyclic) bond motifs is 1. The number of nitrogens with two attached hydrogens (primary N) is 1. The Morgan fingerprint density at radius 3 is 2.49 bits per heavy atom. The molecular weight excluding hydrogens is 496 g/mol. The topological polar surface area (TPSA) is 119 Å². The van der Waals surface area contributed by atoms with E-state index in [0.29, 0.717) is 48.1 Å². The van der Waals surface area contributed by atoms with Crippen LogP contribution in [0.2, 0.25) is 0 Å². The van der Waals surface area contributed by atoms with Crippen LogP contribution in [0.3, 0.4) is 0 Å². The van der Waals surface area contributed by atoms with Crippen molar-refractivity contribution in [3.05, 3.63) is 72.3 Å². The van der Waals surface area contributed by atoms with Crippen LogP contribution in [0.25, 0.3) is 22.3 Å². The summed E-state index contributed by atoms with van der Waals surface area (Å²) in [7, 11) is 0. The van der Waals surface area contributed by atoms with Crippen LogP contribution in [-0.4, -0.2) is 48.8 Å². The highest BCUT2D eigenvalue weighted by atomic mass is 19.2. The number of hydrogen-bond acceptors (Lipinski definition) is 7. The standard InChI is InChI=1S/C24H18F4N6O3/c25-15-9-16(26)20(28)22(19(15)27)37-14-3-1-12(2-4-14)21-18-23(29)30-11-31-24(18)34(32-21)13-5-7-33(10-13)17(36)6-8-35/h1-4,6,8-9,11,13,35H,5,7,10H2,(H2,29,30,31)/b8-6+/t13-/m1/s1. The van der Waals surface area contributed by atoms with Gasteiger partial charge in [0.15, 0.2) is 17.3 Å². The first kappa shape index (κ1) is 24.0. The lowest BCUT2D eigenvalue weighted by atomic mass is 10.1. The maximum absolute atomic E-state index is 14.0. The molecule has 1 aliphatic heterocycles. The molecule has 0 spiro atoms. The lowest BCUT2D eigenvalue weighted by Crippen LogP contribution is -2.27. The molecule has 9 nitrogen and oxygen atoms in total. The lowest BCUT2D eigenvalue weighted by Gasteiger charge is -2.14. The second kappa shape index (κ2) is 9.41. The van der Waals surface area contributed by atoms with Gasteiger partial charge in [-0.25, -0.2) is 23.4 Å². The molecule has 2 aromatic carbocycles. The number of anilines is 1. The summed E-state index contributed by atoms with van der Waals surface area (Å²) in [6.07, 6.45) is 3.63. The van der Waals surface area contributed by atoms with Crippen LogP contribution < -0.4 is 10.5 Å². The van der Waals surface area contributed by atoms with Gasteiger partial charge in [0.25, 0.3) is 0 Å². The average Bonchev–Trinajstić information content (AvgIpc) is 3.52. The van der Waals surface area contributed by atoms with E-state index in [1.54, 1.807) is 9.58 Å². The Balaban J connectivity index is 1.48. The van der Waals surface area contributed by atoms with Crippen LogP contribution in [0.1, 0.15) is 12.5 Å². The Morgan fingerprint density at radius 2 is 1.81 bits per heavy atom. The van der Waals surface area contributed by atoms with Crippen LogP contribution in [0, 0.1) is 23.3 Å². The lowest BCUT2D eigenvalue weighted by molar-refractivity contribution is -0.125. The minimum Gasteiger partial charge on any atom is -0.515 e. The number of aliphatic hydroxyl groups excluding tert-OH is 1. The van der Waals surface area contributed by atoms with E-state index in [1.807, 2.05) is 0 Å². The first-order valence-electron chi connectivity index (χ1n) is 11.0. The summed E-state index contributed by atoms with van der Waals surface area (Å²) >= 11 is 0. The third kappa shape index (κ3) is 4.28. The molecule has 5 rings (SSSR count). The highest BCUT2D eigenvalue weighted by molar-refractivity contribution is 5.98. The third-order valence-electron chi connectivity index (χ3n) is 5.98. The number of aliphatic hydroxyl groups is 1. The fourth-order valence-corrected chi connectivity index (χ4v) is 4.20. The highest BCUT2D eigenvalue weighted by Crippen LogP contribution is 2.36. The van der Waals surface area contributed by atoms with Crippen LogP contribution in [0.15, 0.2) is 49.0 Å². The fraction of sp³-hybridized carbons (Fsp3) is 0.167. The summed E-state index contributed by atoms with van der Waals surface area (Å²) in [5.41, 5.74) is 7.51. The smallest absolute Gasteiger partial charge is 0.249 e. The largest absolute Gasteiger partial charge is 0.515 e. The van der Waals surface area contributed by atoms with Gasteiger partial charge in [-0.2, -0.15) is 13.9 Å². The zero-order valence-electron chi connectivity index (χ0n) is 18.9. The number of ether oxygens (including phenoxy) is 1. The maximum atomic E-state index is 14.0. The van der Waals surface area contributed by atoms with Gasteiger partial charge in [-0.1, -0.05) is 0 Å². The van der Waals surface area contributed by atoms with E-state index in [1.165, 1.54) is 30.6 Å². The monoisotopic (exact) mass is 514 g/mol. The van der Waals surface area contributed by atoms with Crippen LogP contribution >= 0.6 is 0 Å². The number of amides is 1. The predicted octanol–water partition coefficient (Wildman–Crippen LogP) is 4.27. The van der Waals surface area contributed by atoms with Crippen molar-refractivity contribution in [1.82, 2.24) is 24.6 Å². The SMILES string of the molecule is Nc1ncnc2c1c(-c1ccc(Oc3c(F)c(F)cc(F)c3F)cc1)nn2[C@@H]1CCN(C(=O)/C=C/O)C1. The molecule has 1 fully saturated rings. The van der Waals surface area contributed by atoms with E-state index in [2.05, 4.69) is 15.1 Å². The Kier molecular flexibility index (Phi) is 6.11. The Bertz CT molecular complexity index is 1510. The Labute approximate surface area is 206 Å². The molecule has 0 bridgehead atoms. The number of nitrogens with zero attached hydrogens (tertiary/aromatic N) is 5. The van der Waals surface area contributed by atoms with E-state index in [4.69, 9.17) is 15.6 Å². The van der Waals surface area contributed by atoms with E-state index < -0.39 is 29.0 Å². The summed E-state index contributed by atoms with van der Waals surface area (Å²) < 4.78 is 61.7. The van der Waals surface area contributed by atoms with Crippen molar-refractivity contribution in [3.63, 3.8) is 0 Å². The van der Waals surface area contributed by atoms with Gasteiger partial charge in [-0.05, 0) is 30.7 Å². The van der Waals surface area contributed by atoms with Crippen molar-refractivity contribution in [3.8, 4) is 22.8 Å². The van der Waals surface area contributed by atoms with Gasteiger partial charge in [-0.3, -0.25) is 4.79 Å². The highest BCUT2D eigenvalue weighted by Gasteiger charge is 2.30. The van der Waals surface area contributed by atoms with Gasteiger partial charge < -0.3 is 20.5 Å². The average molecular weight is 514 g/mol. The first-order chi connectivity index (χ1) is 17.8. The number of carbonyl (C=O) groups excluding carboxylic acids is 1. The third-order valence-corrected chi connectivity index (χ3v) is 5.98. The van der Waals surface area contributed by atoms with Gasteiger partial charge in [0.1, 0.15) is 23.6 Å². The predicted molar refractivity (Wildman–Crippen MR) is 124 cm³/mol. The van der Waals surface area contributed by atoms with Crippen LogP contribution in [0.4, 0.5) is 23.4 Å². The minimum atomic E-state index is -1.66. The fourth-order valence-electron chi connectivity index (χ4n) is 4.20. The van der Waals surface area contributed by atoms with Gasteiger partial charge >= 0.3 is 0 Å². The molecule has 0 radical (unpaired) electrons. The number of nitrogen functional groups attached to an aromatic ring is 1. The number of aromatic nitrogens is 4. The van der Waals surface area contributed by atoms with Crippen molar-refractivity contribution in [2.45, 2.75) is 12.5 Å². The van der Waals surface area contributed by atoms with E-state index in [9.17, 15) is 22.4 Å². The molecular formula is C24H18F4N6O3. The number of hydrogen-bond donors (Lipinski definition) is 2. The summed E-state index contributed by atoms with van der Waals surface area (Å²) in [6, 6.07) is 5.61. The quantitative estimate of drug-likeness (QED) is 0.177. The molecule has 190 valence electrons. The summed E-state index contributed by atoms with van der Waals surface area (Å²) in [5.74, 6) is -7.93. The summed E-state index contributed by atoms with van der Waals surface area (Å²) in [4.78, 5) is 22.0. The normalized spacial score (nSPS) is 15.7. The van der Waals surface area contributed by atoms with Crippen molar-refractivity contribution in [1.29, 1.82) is 0 Å². The van der Waals surface area contributed by atoms with Gasteiger partial charge in [0.05, 0.1) is 17.7 Å². The molecule has 4 aromatic rings. The van der Waals surface area contributed by atoms with Crippen LogP contribution in [0.5, 0.6) is 11.5 Å². The number of rotatable bonds is 5. The minimum absolute atomic E-state index is 0.0820. The molecule has 13 heteroatoms. The number of benzene rings is 2. The molecule has 0 saturated carbocycles. The summed E-state index contributed by atoms with van der Waals surface area (Å²) in [6.45, 7) is 0.780. The molecule has 0 aliphatic carbocycles. The van der Waals surface area contributed by atoms with Crippen molar-refractivity contribution in [2.75, 3.05) is 18.8 Å². The second-order valence-corrected chi connectivity index (χ2v) is 8.22. The number of halogens is 4. The van der Waals surface area contributed by atoms with Crippen molar-refractivity contribution >= 4 is 22.8 Å². The Morgan fingerprint density at radius 1 is 1.11 bits per heavy atom. The molecule has 3 heterocycles. The van der Waals surface area contributed by atoms with E-state index in [0.717, 1.165) is 6.08 Å².